The van der Waals surface area contributed by atoms with Gasteiger partial charge in [0.1, 0.15) is 0 Å². The number of hydrogen-bond donors (Lipinski definition) is 0. The molecule has 0 saturated heterocycles. The highest BCUT2D eigenvalue weighted by molar-refractivity contribution is 6.00. The van der Waals surface area contributed by atoms with Crippen molar-refractivity contribution in [3.05, 3.63) is 65.2 Å². The highest BCUT2D eigenvalue weighted by Gasteiger charge is 2.29. The van der Waals surface area contributed by atoms with Gasteiger partial charge in [0.25, 0.3) is 5.91 Å². The van der Waals surface area contributed by atoms with Gasteiger partial charge >= 0.3 is 5.97 Å². The lowest BCUT2D eigenvalue weighted by atomic mass is 10.1. The molecule has 5 nitrogen and oxygen atoms in total. The number of ether oxygens (including phenoxy) is 2. The number of fused-ring (bicyclic) bond motifs is 1. The van der Waals surface area contributed by atoms with Crippen LogP contribution in [0.3, 0.4) is 0 Å². The number of amides is 1. The molecular weight excluding hydrogens is 318 g/mol. The highest BCUT2D eigenvalue weighted by atomic mass is 16.5. The molecule has 0 unspecified atom stereocenters. The van der Waals surface area contributed by atoms with E-state index in [1.807, 2.05) is 36.4 Å². The Morgan fingerprint density at radius 3 is 2.56 bits per heavy atom. The van der Waals surface area contributed by atoms with E-state index in [2.05, 4.69) is 0 Å². The molecule has 1 atom stereocenters. The first-order valence-electron chi connectivity index (χ1n) is 8.28. The Morgan fingerprint density at radius 2 is 1.84 bits per heavy atom. The van der Waals surface area contributed by atoms with E-state index in [4.69, 9.17) is 9.47 Å². The summed E-state index contributed by atoms with van der Waals surface area (Å²) in [5.74, 6) is -0.702. The second-order valence-electron chi connectivity index (χ2n) is 6.05. The van der Waals surface area contributed by atoms with E-state index in [0.717, 1.165) is 23.2 Å². The quantitative estimate of drug-likeness (QED) is 0.786. The third kappa shape index (κ3) is 3.72. The summed E-state index contributed by atoms with van der Waals surface area (Å²) >= 11 is 0. The fourth-order valence-corrected chi connectivity index (χ4v) is 2.97. The number of carbonyl (C=O) groups excluding carboxylic acids is 2. The topological polar surface area (TPSA) is 55.8 Å². The Hall–Kier alpha value is -2.66. The molecule has 1 heterocycles. The van der Waals surface area contributed by atoms with Crippen LogP contribution in [0.15, 0.2) is 48.5 Å². The summed E-state index contributed by atoms with van der Waals surface area (Å²) in [4.78, 5) is 26.6. The van der Waals surface area contributed by atoms with Crippen molar-refractivity contribution in [1.29, 1.82) is 0 Å². The van der Waals surface area contributed by atoms with E-state index in [1.54, 1.807) is 31.1 Å². The molecule has 0 fully saturated rings. The van der Waals surface area contributed by atoms with E-state index >= 15 is 0 Å². The minimum absolute atomic E-state index is 0.200. The molecule has 1 aliphatic heterocycles. The Morgan fingerprint density at radius 1 is 1.12 bits per heavy atom. The van der Waals surface area contributed by atoms with Crippen LogP contribution in [0, 0.1) is 0 Å². The van der Waals surface area contributed by atoms with Gasteiger partial charge in [0.2, 0.25) is 0 Å². The molecule has 2 aromatic rings. The maximum Gasteiger partial charge on any atom is 0.338 e. The zero-order valence-corrected chi connectivity index (χ0v) is 14.4. The molecule has 0 bridgehead atoms. The number of rotatable bonds is 5. The predicted molar refractivity (Wildman–Crippen MR) is 94.5 cm³/mol. The predicted octanol–water partition coefficient (Wildman–Crippen LogP) is 2.97. The van der Waals surface area contributed by atoms with Crippen LogP contribution in [-0.2, 0) is 27.3 Å². The summed E-state index contributed by atoms with van der Waals surface area (Å²) in [5.41, 5.74) is 3.43. The fourth-order valence-electron chi connectivity index (χ4n) is 2.97. The summed E-state index contributed by atoms with van der Waals surface area (Å²) in [7, 11) is 1.62. The molecule has 25 heavy (non-hydrogen) atoms. The molecule has 0 N–H and O–H groups in total. The highest BCUT2D eigenvalue weighted by Crippen LogP contribution is 2.28. The number of anilines is 1. The van der Waals surface area contributed by atoms with Crippen molar-refractivity contribution in [3.63, 3.8) is 0 Å². The Labute approximate surface area is 147 Å². The number of methoxy groups -OCH3 is 1. The molecular formula is C20H21NO4. The minimum atomic E-state index is -0.836. The molecule has 1 amide bonds. The first-order chi connectivity index (χ1) is 12.1. The van der Waals surface area contributed by atoms with Crippen LogP contribution in [-0.4, -0.2) is 31.6 Å². The van der Waals surface area contributed by atoms with Gasteiger partial charge in [-0.25, -0.2) is 4.79 Å². The molecule has 1 aliphatic rings. The molecule has 130 valence electrons. The number of nitrogens with zero attached hydrogens (tertiary/aromatic N) is 1. The van der Waals surface area contributed by atoms with Gasteiger partial charge in [0, 0.05) is 19.3 Å². The smallest absolute Gasteiger partial charge is 0.338 e. The van der Waals surface area contributed by atoms with E-state index in [9.17, 15) is 9.59 Å². The minimum Gasteiger partial charge on any atom is -0.449 e. The number of hydrogen-bond acceptors (Lipinski definition) is 4. The average Bonchev–Trinajstić information content (AvgIpc) is 3.06. The van der Waals surface area contributed by atoms with Crippen molar-refractivity contribution in [2.45, 2.75) is 26.1 Å². The fraction of sp³-hybridized carbons (Fsp3) is 0.300. The first kappa shape index (κ1) is 17.2. The Balaban J connectivity index is 1.64. The second kappa shape index (κ2) is 7.49. The summed E-state index contributed by atoms with van der Waals surface area (Å²) in [5, 5.41) is 0. The van der Waals surface area contributed by atoms with Crippen molar-refractivity contribution in [2.24, 2.45) is 0 Å². The molecule has 0 radical (unpaired) electrons. The maximum absolute atomic E-state index is 12.6. The number of carbonyl (C=O) groups is 2. The number of esters is 1. The SMILES string of the molecule is COCc1ccc(C(=O)O[C@H](C)C(=O)N2CCc3ccccc32)cc1. The van der Waals surface area contributed by atoms with Gasteiger partial charge in [-0.3, -0.25) is 4.79 Å². The zero-order chi connectivity index (χ0) is 17.8. The summed E-state index contributed by atoms with van der Waals surface area (Å²) in [6.07, 6.45) is -0.0129. The van der Waals surface area contributed by atoms with Crippen LogP contribution in [0.5, 0.6) is 0 Å². The maximum atomic E-state index is 12.6. The van der Waals surface area contributed by atoms with E-state index < -0.39 is 12.1 Å². The van der Waals surface area contributed by atoms with Crippen molar-refractivity contribution in [1.82, 2.24) is 0 Å². The van der Waals surface area contributed by atoms with Gasteiger partial charge in [0.15, 0.2) is 6.10 Å². The standard InChI is InChI=1S/C20H21NO4/c1-14(19(22)21-12-11-16-5-3-4-6-18(16)21)25-20(23)17-9-7-15(8-10-17)13-24-2/h3-10,14H,11-13H2,1-2H3/t14-/m1/s1. The lowest BCUT2D eigenvalue weighted by Crippen LogP contribution is -2.39. The first-order valence-corrected chi connectivity index (χ1v) is 8.28. The Kier molecular flexibility index (Phi) is 5.14. The van der Waals surface area contributed by atoms with Gasteiger partial charge in [-0.1, -0.05) is 30.3 Å². The van der Waals surface area contributed by atoms with Crippen LogP contribution in [0.25, 0.3) is 0 Å². The molecule has 3 rings (SSSR count). The molecule has 0 aliphatic carbocycles. The lowest BCUT2D eigenvalue weighted by molar-refractivity contribution is -0.126. The summed E-state index contributed by atoms with van der Waals surface area (Å²) in [6.45, 7) is 2.71. The van der Waals surface area contributed by atoms with E-state index in [-0.39, 0.29) is 5.91 Å². The van der Waals surface area contributed by atoms with Crippen LogP contribution < -0.4 is 4.90 Å². The van der Waals surface area contributed by atoms with Crippen LogP contribution >= 0.6 is 0 Å². The van der Waals surface area contributed by atoms with E-state index in [1.165, 1.54) is 0 Å². The van der Waals surface area contributed by atoms with Crippen LogP contribution in [0.2, 0.25) is 0 Å². The zero-order valence-electron chi connectivity index (χ0n) is 14.4. The number of para-hydroxylation sites is 1. The van der Waals surface area contributed by atoms with Crippen LogP contribution in [0.1, 0.15) is 28.4 Å². The largest absolute Gasteiger partial charge is 0.449 e. The lowest BCUT2D eigenvalue weighted by Gasteiger charge is -2.21. The van der Waals surface area contributed by atoms with Gasteiger partial charge in [-0.15, -0.1) is 0 Å². The normalized spacial score (nSPS) is 14.1. The van der Waals surface area contributed by atoms with Gasteiger partial charge < -0.3 is 14.4 Å². The summed E-state index contributed by atoms with van der Waals surface area (Å²) < 4.78 is 10.4. The average molecular weight is 339 g/mol. The second-order valence-corrected chi connectivity index (χ2v) is 6.05. The van der Waals surface area contributed by atoms with Crippen molar-refractivity contribution in [3.8, 4) is 0 Å². The van der Waals surface area contributed by atoms with Gasteiger partial charge in [-0.05, 0) is 42.7 Å². The third-order valence-electron chi connectivity index (χ3n) is 4.29. The van der Waals surface area contributed by atoms with Crippen molar-refractivity contribution in [2.75, 3.05) is 18.6 Å². The number of benzene rings is 2. The van der Waals surface area contributed by atoms with Gasteiger partial charge in [0.05, 0.1) is 12.2 Å². The van der Waals surface area contributed by atoms with Crippen molar-refractivity contribution < 1.29 is 19.1 Å². The monoisotopic (exact) mass is 339 g/mol. The molecule has 0 saturated carbocycles. The molecule has 5 heteroatoms. The van der Waals surface area contributed by atoms with Crippen molar-refractivity contribution >= 4 is 17.6 Å². The van der Waals surface area contributed by atoms with Gasteiger partial charge in [-0.2, -0.15) is 0 Å². The molecule has 0 spiro atoms. The Bertz CT molecular complexity index is 770. The summed E-state index contributed by atoms with van der Waals surface area (Å²) in [6, 6.07) is 14.8. The van der Waals surface area contributed by atoms with Crippen LogP contribution in [0.4, 0.5) is 5.69 Å². The molecule has 0 aromatic heterocycles. The van der Waals surface area contributed by atoms with E-state index in [0.29, 0.717) is 18.7 Å². The third-order valence-corrected chi connectivity index (χ3v) is 4.29. The molecule has 2 aromatic carbocycles.